The zero-order valence-electron chi connectivity index (χ0n) is 18.7. The van der Waals surface area contributed by atoms with Crippen LogP contribution < -0.4 is 5.32 Å². The number of hydrogen-bond acceptors (Lipinski definition) is 3. The number of nitrogens with zero attached hydrogens (tertiary/aromatic N) is 1. The Kier molecular flexibility index (Phi) is 10.7. The van der Waals surface area contributed by atoms with Crippen molar-refractivity contribution in [2.24, 2.45) is 0 Å². The van der Waals surface area contributed by atoms with E-state index in [4.69, 9.17) is 0 Å². The summed E-state index contributed by atoms with van der Waals surface area (Å²) in [5, 5.41) is 13.7. The van der Waals surface area contributed by atoms with Crippen LogP contribution >= 0.6 is 0 Å². The number of aromatic hydroxyl groups is 1. The van der Waals surface area contributed by atoms with E-state index in [0.29, 0.717) is 12.1 Å². The van der Waals surface area contributed by atoms with Crippen molar-refractivity contribution in [3.63, 3.8) is 0 Å². The van der Waals surface area contributed by atoms with Crippen molar-refractivity contribution in [2.45, 2.75) is 59.2 Å². The zero-order chi connectivity index (χ0) is 22.7. The van der Waals surface area contributed by atoms with E-state index in [9.17, 15) is 18.3 Å². The molecule has 1 rings (SSSR count). The highest BCUT2D eigenvalue weighted by Gasteiger charge is 2.32. The highest BCUT2D eigenvalue weighted by molar-refractivity contribution is 5.43. The average molecular weight is 425 g/mol. The van der Waals surface area contributed by atoms with Crippen LogP contribution in [0.1, 0.15) is 64.1 Å². The molecule has 6 heteroatoms. The van der Waals surface area contributed by atoms with Crippen LogP contribution in [0.3, 0.4) is 0 Å². The minimum Gasteiger partial charge on any atom is -0.508 e. The lowest BCUT2D eigenvalue weighted by atomic mass is 9.95. The second kappa shape index (κ2) is 12.5. The molecule has 168 valence electrons. The molecule has 0 saturated carbocycles. The predicted octanol–water partition coefficient (Wildman–Crippen LogP) is 6.59. The molecule has 1 aromatic carbocycles. The average Bonchev–Trinajstić information content (AvgIpc) is 2.68. The van der Waals surface area contributed by atoms with Gasteiger partial charge in [0.2, 0.25) is 0 Å². The van der Waals surface area contributed by atoms with E-state index < -0.39 is 11.7 Å². The molecule has 1 unspecified atom stereocenters. The van der Waals surface area contributed by atoms with Crippen LogP contribution in [0.4, 0.5) is 13.2 Å². The Balaban J connectivity index is 3.24. The lowest BCUT2D eigenvalue weighted by Gasteiger charge is -2.29. The fourth-order valence-electron chi connectivity index (χ4n) is 3.14. The van der Waals surface area contributed by atoms with Crippen molar-refractivity contribution >= 4 is 0 Å². The summed E-state index contributed by atoms with van der Waals surface area (Å²) >= 11 is 0. The Labute approximate surface area is 179 Å². The van der Waals surface area contributed by atoms with E-state index in [1.54, 1.807) is 0 Å². The second-order valence-electron chi connectivity index (χ2n) is 7.55. The highest BCUT2D eigenvalue weighted by atomic mass is 19.4. The number of halogens is 3. The molecule has 0 aromatic heterocycles. The quantitative estimate of drug-likeness (QED) is 0.393. The third-order valence-corrected chi connectivity index (χ3v) is 4.81. The maximum Gasteiger partial charge on any atom is 0.416 e. The normalized spacial score (nSPS) is 14.6. The molecular weight excluding hydrogens is 389 g/mol. The van der Waals surface area contributed by atoms with Crippen LogP contribution in [0.5, 0.6) is 5.75 Å². The second-order valence-corrected chi connectivity index (χ2v) is 7.55. The third-order valence-electron chi connectivity index (χ3n) is 4.81. The standard InChI is InChI=1S/C24H35F3N2O/c1-6-8-9-10-11-18(3)23(29(5)16-14-19(4)28-15-7-2)21-13-12-20(17-22(21)30)24(25,26)27/h9-14,17,23,28,30H,6-8,15-16H2,1-5H3/b10-9-,18-11+,19-14+. The van der Waals surface area contributed by atoms with Crippen molar-refractivity contribution in [2.75, 3.05) is 20.1 Å². The molecule has 0 radical (unpaired) electrons. The molecule has 0 saturated heterocycles. The van der Waals surface area contributed by atoms with E-state index in [1.807, 2.05) is 44.0 Å². The molecule has 0 spiro atoms. The van der Waals surface area contributed by atoms with Crippen LogP contribution in [0.25, 0.3) is 0 Å². The molecule has 3 nitrogen and oxygen atoms in total. The maximum atomic E-state index is 13.0. The van der Waals surface area contributed by atoms with Crippen molar-refractivity contribution in [1.82, 2.24) is 10.2 Å². The SMILES string of the molecule is CCC/C=C\C=C(/C)C(c1ccc(C(F)(F)F)cc1O)N(C)C/C=C(\C)NCCC. The fourth-order valence-corrected chi connectivity index (χ4v) is 3.14. The summed E-state index contributed by atoms with van der Waals surface area (Å²) < 4.78 is 39.0. The number of benzene rings is 1. The van der Waals surface area contributed by atoms with Crippen LogP contribution in [0.15, 0.2) is 53.8 Å². The third kappa shape index (κ3) is 8.27. The largest absolute Gasteiger partial charge is 0.508 e. The van der Waals surface area contributed by atoms with Gasteiger partial charge in [-0.3, -0.25) is 4.90 Å². The van der Waals surface area contributed by atoms with Crippen molar-refractivity contribution in [1.29, 1.82) is 0 Å². The molecule has 1 aromatic rings. The Morgan fingerprint density at radius 3 is 2.47 bits per heavy atom. The molecule has 0 heterocycles. The lowest BCUT2D eigenvalue weighted by molar-refractivity contribution is -0.137. The van der Waals surface area contributed by atoms with Gasteiger partial charge in [0.25, 0.3) is 0 Å². The Morgan fingerprint density at radius 1 is 1.20 bits per heavy atom. The van der Waals surface area contributed by atoms with Gasteiger partial charge in [0.05, 0.1) is 11.6 Å². The smallest absolute Gasteiger partial charge is 0.416 e. The van der Waals surface area contributed by atoms with Gasteiger partial charge in [0.1, 0.15) is 5.75 Å². The van der Waals surface area contributed by atoms with Gasteiger partial charge in [-0.15, -0.1) is 0 Å². The number of nitrogens with one attached hydrogen (secondary N) is 1. The molecule has 0 fully saturated rings. The minimum absolute atomic E-state index is 0.350. The first-order valence-corrected chi connectivity index (χ1v) is 10.5. The number of hydrogen-bond donors (Lipinski definition) is 2. The molecule has 0 aliphatic rings. The molecule has 2 N–H and O–H groups in total. The maximum absolute atomic E-state index is 13.0. The van der Waals surface area contributed by atoms with Crippen molar-refractivity contribution < 1.29 is 18.3 Å². The molecule has 0 aliphatic carbocycles. The molecule has 0 aliphatic heterocycles. The number of phenolic OH excluding ortho intramolecular Hbond substituents is 1. The van der Waals surface area contributed by atoms with Gasteiger partial charge in [0, 0.05) is 24.4 Å². The Morgan fingerprint density at radius 2 is 1.90 bits per heavy atom. The number of unbranched alkanes of at least 4 members (excludes halogenated alkanes) is 1. The van der Waals surface area contributed by atoms with Gasteiger partial charge in [-0.25, -0.2) is 0 Å². The van der Waals surface area contributed by atoms with Crippen LogP contribution in [0.2, 0.25) is 0 Å². The topological polar surface area (TPSA) is 35.5 Å². The van der Waals surface area contributed by atoms with Crippen molar-refractivity contribution in [3.05, 3.63) is 64.9 Å². The Hall–Kier alpha value is -2.21. The van der Waals surface area contributed by atoms with Gasteiger partial charge in [-0.2, -0.15) is 13.2 Å². The monoisotopic (exact) mass is 424 g/mol. The molecule has 30 heavy (non-hydrogen) atoms. The molecule has 0 amide bonds. The number of allylic oxidation sites excluding steroid dienone is 4. The van der Waals surface area contributed by atoms with E-state index in [0.717, 1.165) is 49.2 Å². The zero-order valence-corrected chi connectivity index (χ0v) is 18.7. The van der Waals surface area contributed by atoms with Crippen molar-refractivity contribution in [3.8, 4) is 5.75 Å². The van der Waals surface area contributed by atoms with Gasteiger partial charge in [-0.1, -0.05) is 56.2 Å². The summed E-state index contributed by atoms with van der Waals surface area (Å²) in [6.45, 7) is 9.58. The number of alkyl halides is 3. The highest BCUT2D eigenvalue weighted by Crippen LogP contribution is 2.38. The number of likely N-dealkylation sites (N-methyl/N-ethyl adjacent to an activating group) is 1. The summed E-state index contributed by atoms with van der Waals surface area (Å²) in [5.41, 5.74) is 1.58. The molecular formula is C24H35F3N2O. The number of rotatable bonds is 11. The van der Waals surface area contributed by atoms with E-state index in [1.165, 1.54) is 6.07 Å². The van der Waals surface area contributed by atoms with Crippen LogP contribution in [-0.4, -0.2) is 30.1 Å². The summed E-state index contributed by atoms with van der Waals surface area (Å²) in [6, 6.07) is 2.85. The van der Waals surface area contributed by atoms with E-state index in [-0.39, 0.29) is 11.8 Å². The van der Waals surface area contributed by atoms with Crippen LogP contribution in [-0.2, 0) is 6.18 Å². The summed E-state index contributed by atoms with van der Waals surface area (Å²) in [6.07, 6.45) is 6.56. The molecule has 1 atom stereocenters. The first kappa shape index (κ1) is 25.8. The predicted molar refractivity (Wildman–Crippen MR) is 118 cm³/mol. The minimum atomic E-state index is -4.49. The van der Waals surface area contributed by atoms with Crippen LogP contribution in [0, 0.1) is 0 Å². The lowest BCUT2D eigenvalue weighted by Crippen LogP contribution is -2.27. The van der Waals surface area contributed by atoms with Gasteiger partial charge in [0.15, 0.2) is 0 Å². The van der Waals surface area contributed by atoms with E-state index in [2.05, 4.69) is 25.2 Å². The van der Waals surface area contributed by atoms with Gasteiger partial charge < -0.3 is 10.4 Å². The van der Waals surface area contributed by atoms with Gasteiger partial charge >= 0.3 is 6.18 Å². The molecule has 0 bridgehead atoms. The summed E-state index contributed by atoms with van der Waals surface area (Å²) in [5.74, 6) is -0.350. The Bertz CT molecular complexity index is 751. The fraction of sp³-hybridized carbons (Fsp3) is 0.500. The first-order valence-electron chi connectivity index (χ1n) is 10.5. The first-order chi connectivity index (χ1) is 14.1. The van der Waals surface area contributed by atoms with Gasteiger partial charge in [-0.05, 0) is 45.9 Å². The summed E-state index contributed by atoms with van der Waals surface area (Å²) in [7, 11) is 1.90. The summed E-state index contributed by atoms with van der Waals surface area (Å²) in [4.78, 5) is 2.01. The number of phenols is 1. The van der Waals surface area contributed by atoms with E-state index >= 15 is 0 Å².